The van der Waals surface area contributed by atoms with E-state index in [0.29, 0.717) is 18.4 Å². The van der Waals surface area contributed by atoms with Gasteiger partial charge in [-0.3, -0.25) is 19.3 Å². The number of imide groups is 1. The Morgan fingerprint density at radius 3 is 2.31 bits per heavy atom. The summed E-state index contributed by atoms with van der Waals surface area (Å²) in [4.78, 5) is 43.7. The van der Waals surface area contributed by atoms with Gasteiger partial charge in [0.2, 0.25) is 0 Å². The third-order valence-corrected chi connectivity index (χ3v) is 6.22. The van der Waals surface area contributed by atoms with Crippen LogP contribution >= 0.6 is 0 Å². The van der Waals surface area contributed by atoms with Crippen LogP contribution in [0.3, 0.4) is 0 Å². The molecular formula is C28H33N4O4-. The molecule has 0 unspecified atom stereocenters. The molecule has 1 aliphatic rings. The van der Waals surface area contributed by atoms with E-state index in [-0.39, 0.29) is 47.0 Å². The highest BCUT2D eigenvalue weighted by Gasteiger charge is 2.37. The van der Waals surface area contributed by atoms with Gasteiger partial charge >= 0.3 is 0 Å². The molecule has 2 rings (SSSR count). The van der Waals surface area contributed by atoms with Gasteiger partial charge in [0.1, 0.15) is 11.6 Å². The van der Waals surface area contributed by atoms with E-state index < -0.39 is 23.3 Å². The fourth-order valence-electron chi connectivity index (χ4n) is 4.23. The summed E-state index contributed by atoms with van der Waals surface area (Å²) in [6.07, 6.45) is 8.32. The van der Waals surface area contributed by atoms with Crippen molar-refractivity contribution in [3.8, 4) is 11.9 Å². The van der Waals surface area contributed by atoms with Crippen molar-refractivity contribution in [3.05, 3.63) is 61.8 Å². The lowest BCUT2D eigenvalue weighted by atomic mass is 9.86. The summed E-state index contributed by atoms with van der Waals surface area (Å²) in [6.45, 7) is 17.0. The molecule has 0 radical (unpaired) electrons. The van der Waals surface area contributed by atoms with Crippen LogP contribution in [-0.4, -0.2) is 27.8 Å². The molecule has 0 aromatic carbocycles. The normalized spacial score (nSPS) is 15.3. The van der Waals surface area contributed by atoms with Crippen LogP contribution in [0.1, 0.15) is 70.9 Å². The second-order valence-corrected chi connectivity index (χ2v) is 9.08. The van der Waals surface area contributed by atoms with E-state index in [2.05, 4.69) is 4.85 Å². The molecule has 1 aromatic rings. The largest absolute Gasteiger partial charge is 0.869 e. The predicted octanol–water partition coefficient (Wildman–Crippen LogP) is 4.56. The summed E-state index contributed by atoms with van der Waals surface area (Å²) < 4.78 is 1.09. The maximum absolute atomic E-state index is 13.3. The van der Waals surface area contributed by atoms with E-state index in [9.17, 15) is 24.8 Å². The molecule has 36 heavy (non-hydrogen) atoms. The summed E-state index contributed by atoms with van der Waals surface area (Å²) >= 11 is 0. The standard InChI is InChI=1S/C28H34N4O4/c1-7-9-11-16-31-26(34)21(23(18(3)4)22(17-29)27(31)35)14-12-13-20-19(5)24(30-6)28(36)32(25(20)33)15-10-8-2/h12-14,18,36H,7-11,15-16H2,1-5H3/p-1. The monoisotopic (exact) mass is 489 g/mol. The lowest BCUT2D eigenvalue weighted by Gasteiger charge is -2.30. The van der Waals surface area contributed by atoms with Gasteiger partial charge in [-0.15, -0.1) is 0 Å². The summed E-state index contributed by atoms with van der Waals surface area (Å²) in [5.41, 5.74) is 0.436. The minimum absolute atomic E-state index is 0.0511. The number of allylic oxidation sites excluding steroid dienone is 2. The van der Waals surface area contributed by atoms with Gasteiger partial charge in [0, 0.05) is 24.2 Å². The third-order valence-electron chi connectivity index (χ3n) is 6.22. The molecule has 8 heteroatoms. The lowest BCUT2D eigenvalue weighted by Crippen LogP contribution is -2.44. The van der Waals surface area contributed by atoms with E-state index in [1.807, 2.05) is 33.8 Å². The number of rotatable bonds is 10. The molecule has 8 nitrogen and oxygen atoms in total. The van der Waals surface area contributed by atoms with E-state index in [4.69, 9.17) is 6.57 Å². The molecule has 2 amide bonds. The van der Waals surface area contributed by atoms with Gasteiger partial charge in [0.05, 0.1) is 6.57 Å². The Bertz CT molecular complexity index is 1270. The van der Waals surface area contributed by atoms with E-state index in [1.165, 1.54) is 18.2 Å². The zero-order chi connectivity index (χ0) is 27.0. The van der Waals surface area contributed by atoms with Gasteiger partial charge in [-0.05, 0) is 48.8 Å². The molecule has 0 aliphatic carbocycles. The van der Waals surface area contributed by atoms with Gasteiger partial charge in [0.25, 0.3) is 17.4 Å². The molecule has 0 fully saturated rings. The summed E-state index contributed by atoms with van der Waals surface area (Å²) in [6, 6.07) is 1.98. The molecule has 190 valence electrons. The quantitative estimate of drug-likeness (QED) is 0.207. The SMILES string of the molecule is [C-]#[N+]c1c(C)c(C=CC=C2C(=O)N(CCCCC)C(=O)C(C#N)=C2C(C)C)c(=O)n(CCCC)c1[O-]. The first kappa shape index (κ1) is 28.3. The smallest absolute Gasteiger partial charge is 0.271 e. The molecule has 1 aromatic heterocycles. The zero-order valence-electron chi connectivity index (χ0n) is 21.7. The van der Waals surface area contributed by atoms with Gasteiger partial charge in [-0.25, -0.2) is 4.85 Å². The number of nitrogens with zero attached hydrogens (tertiary/aromatic N) is 4. The lowest BCUT2D eigenvalue weighted by molar-refractivity contribution is -0.278. The Balaban J connectivity index is 2.64. The fraction of sp³-hybridized carbons (Fsp3) is 0.464. The Morgan fingerprint density at radius 2 is 1.75 bits per heavy atom. The van der Waals surface area contributed by atoms with Crippen LogP contribution < -0.4 is 10.7 Å². The van der Waals surface area contributed by atoms with E-state index in [0.717, 1.165) is 28.7 Å². The molecule has 0 saturated heterocycles. The summed E-state index contributed by atoms with van der Waals surface area (Å²) in [5.74, 6) is -1.90. The minimum Gasteiger partial charge on any atom is -0.869 e. The van der Waals surface area contributed by atoms with E-state index in [1.54, 1.807) is 6.92 Å². The molecule has 2 heterocycles. The number of carbonyl (C=O) groups excluding carboxylic acids is 2. The molecule has 1 aliphatic heterocycles. The predicted molar refractivity (Wildman–Crippen MR) is 137 cm³/mol. The maximum Gasteiger partial charge on any atom is 0.271 e. The molecule has 0 atom stereocenters. The number of amides is 2. The summed E-state index contributed by atoms with van der Waals surface area (Å²) in [7, 11) is 0. The van der Waals surface area contributed by atoms with Gasteiger partial charge in [0.15, 0.2) is 5.69 Å². The number of aromatic nitrogens is 1. The number of pyridine rings is 1. The minimum atomic E-state index is -0.594. The first-order chi connectivity index (χ1) is 17.2. The number of unbranched alkanes of at least 4 members (excludes halogenated alkanes) is 3. The van der Waals surface area contributed by atoms with Crippen molar-refractivity contribution in [3.63, 3.8) is 0 Å². The Labute approximate surface area is 212 Å². The average molecular weight is 490 g/mol. The van der Waals surface area contributed by atoms with Crippen LogP contribution in [0, 0.1) is 30.7 Å². The Morgan fingerprint density at radius 1 is 1.08 bits per heavy atom. The molecule has 0 spiro atoms. The second-order valence-electron chi connectivity index (χ2n) is 9.08. The maximum atomic E-state index is 13.3. The number of carbonyl (C=O) groups is 2. The molecule has 0 N–H and O–H groups in total. The van der Waals surface area contributed by atoms with Crippen LogP contribution in [0.5, 0.6) is 5.88 Å². The van der Waals surface area contributed by atoms with Crippen molar-refractivity contribution in [1.82, 2.24) is 9.47 Å². The van der Waals surface area contributed by atoms with Crippen molar-refractivity contribution in [2.24, 2.45) is 5.92 Å². The van der Waals surface area contributed by atoms with Crippen molar-refractivity contribution in [1.29, 1.82) is 5.26 Å². The van der Waals surface area contributed by atoms with Crippen LogP contribution in [0.25, 0.3) is 10.9 Å². The number of nitriles is 1. The third kappa shape index (κ3) is 5.66. The highest BCUT2D eigenvalue weighted by Crippen LogP contribution is 2.32. The highest BCUT2D eigenvalue weighted by molar-refractivity contribution is 6.18. The van der Waals surface area contributed by atoms with Gasteiger partial charge in [-0.1, -0.05) is 59.1 Å². The highest BCUT2D eigenvalue weighted by atomic mass is 16.3. The van der Waals surface area contributed by atoms with Gasteiger partial charge < -0.3 is 9.67 Å². The Hall–Kier alpha value is -3.91. The number of hydrogen-bond acceptors (Lipinski definition) is 5. The van der Waals surface area contributed by atoms with Crippen molar-refractivity contribution >= 4 is 23.6 Å². The fourth-order valence-corrected chi connectivity index (χ4v) is 4.23. The zero-order valence-corrected chi connectivity index (χ0v) is 21.7. The molecule has 0 saturated carbocycles. The van der Waals surface area contributed by atoms with Gasteiger partial charge in [-0.2, -0.15) is 5.26 Å². The Kier molecular flexibility index (Phi) is 9.99. The van der Waals surface area contributed by atoms with Crippen LogP contribution in [0.2, 0.25) is 0 Å². The first-order valence-electron chi connectivity index (χ1n) is 12.4. The molecule has 0 bridgehead atoms. The van der Waals surface area contributed by atoms with Crippen molar-refractivity contribution in [2.75, 3.05) is 6.54 Å². The molecular weight excluding hydrogens is 456 g/mol. The number of hydrogen-bond donors (Lipinski definition) is 0. The van der Waals surface area contributed by atoms with Crippen LogP contribution in [0.15, 0.2) is 33.7 Å². The summed E-state index contributed by atoms with van der Waals surface area (Å²) in [5, 5.41) is 22.3. The topological polar surface area (TPSA) is 111 Å². The van der Waals surface area contributed by atoms with Crippen LogP contribution in [-0.2, 0) is 16.1 Å². The van der Waals surface area contributed by atoms with Crippen LogP contribution in [0.4, 0.5) is 5.69 Å². The van der Waals surface area contributed by atoms with E-state index >= 15 is 0 Å². The first-order valence-corrected chi connectivity index (χ1v) is 12.4. The average Bonchev–Trinajstić information content (AvgIpc) is 2.84. The van der Waals surface area contributed by atoms with Crippen molar-refractivity contribution < 1.29 is 14.7 Å². The van der Waals surface area contributed by atoms with Crippen molar-refractivity contribution in [2.45, 2.75) is 73.3 Å². The second kappa shape index (κ2) is 12.7.